The van der Waals surface area contributed by atoms with Crippen LogP contribution >= 0.6 is 0 Å². The van der Waals surface area contributed by atoms with Crippen molar-refractivity contribution in [1.82, 2.24) is 0 Å². The summed E-state index contributed by atoms with van der Waals surface area (Å²) < 4.78 is 8.98. The van der Waals surface area contributed by atoms with Crippen molar-refractivity contribution in [2.45, 2.75) is 13.8 Å². The molecular formula is C40H32As2. The molecule has 2 heteroatoms. The first-order chi connectivity index (χ1) is 20.7. The fourth-order valence-corrected chi connectivity index (χ4v) is 17.5. The van der Waals surface area contributed by atoms with Crippen molar-refractivity contribution in [3.63, 3.8) is 0 Å². The minimum absolute atomic E-state index is 1.32. The molecule has 0 aromatic heterocycles. The molecule has 42 heavy (non-hydrogen) atoms. The van der Waals surface area contributed by atoms with Gasteiger partial charge in [0.05, 0.1) is 0 Å². The van der Waals surface area contributed by atoms with Crippen LogP contribution in [-0.2, 0) is 0 Å². The molecule has 202 valence electrons. The first kappa shape index (κ1) is 27.0. The van der Waals surface area contributed by atoms with E-state index in [1.165, 1.54) is 50.1 Å². The molecule has 0 N–H and O–H groups in total. The summed E-state index contributed by atoms with van der Waals surface area (Å²) in [6, 6.07) is 59.6. The molecule has 7 aromatic carbocycles. The Bertz CT molecular complexity index is 1810. The summed E-state index contributed by atoms with van der Waals surface area (Å²) >= 11 is -3.85. The number of hydrogen-bond acceptors (Lipinski definition) is 0. The molecule has 0 saturated carbocycles. The standard InChI is InChI=1S/C40H32As2/c1-29-15-13-21-33(27-29)41(31-17-5-3-6-18-31)39-35-23-9-11-25-37(35)40(38-26-12-10-24-36(38)39)42(32-19-7-4-8-20-32)34-22-14-16-30(2)28-34/h3-28H,1-2H3. The minimum atomic E-state index is -1.93. The van der Waals surface area contributed by atoms with Gasteiger partial charge in [0.25, 0.3) is 0 Å². The summed E-state index contributed by atoms with van der Waals surface area (Å²) in [6.45, 7) is 4.44. The molecular weight excluding hydrogens is 630 g/mol. The molecule has 0 aliphatic heterocycles. The van der Waals surface area contributed by atoms with Gasteiger partial charge in [0.1, 0.15) is 0 Å². The molecule has 0 heterocycles. The van der Waals surface area contributed by atoms with Crippen molar-refractivity contribution in [3.05, 3.63) is 169 Å². The van der Waals surface area contributed by atoms with E-state index in [1.54, 1.807) is 8.70 Å². The van der Waals surface area contributed by atoms with Gasteiger partial charge in [-0.3, -0.25) is 0 Å². The zero-order valence-corrected chi connectivity index (χ0v) is 27.7. The van der Waals surface area contributed by atoms with Crippen LogP contribution in [0.1, 0.15) is 11.1 Å². The molecule has 0 fully saturated rings. The molecule has 0 radical (unpaired) electrons. The number of rotatable bonds is 6. The SMILES string of the molecule is Cc1cccc([As](c2ccccc2)c2c3ccccc3c([As](c3ccccc3)c3cccc(C)c3)c3ccccc23)c1. The maximum atomic E-state index is 2.43. The van der Waals surface area contributed by atoms with Crippen molar-refractivity contribution >= 4 is 77.0 Å². The second kappa shape index (κ2) is 11.8. The third kappa shape index (κ3) is 5.05. The fraction of sp³-hybridized carbons (Fsp3) is 0.0500. The molecule has 2 atom stereocenters. The van der Waals surface area contributed by atoms with Gasteiger partial charge in [-0.05, 0) is 0 Å². The maximum absolute atomic E-state index is 2.43. The number of aryl methyl sites for hydroxylation is 2. The second-order valence-electron chi connectivity index (χ2n) is 10.8. The molecule has 0 bridgehead atoms. The molecule has 0 amide bonds. The van der Waals surface area contributed by atoms with Crippen LogP contribution in [0.25, 0.3) is 21.5 Å². The molecule has 7 aromatic rings. The summed E-state index contributed by atoms with van der Waals surface area (Å²) in [5.41, 5.74) is 2.65. The summed E-state index contributed by atoms with van der Waals surface area (Å²) in [4.78, 5) is 0. The van der Waals surface area contributed by atoms with Gasteiger partial charge >= 0.3 is 260 Å². The van der Waals surface area contributed by atoms with Crippen LogP contribution in [0, 0.1) is 13.8 Å². The first-order valence-electron chi connectivity index (χ1n) is 14.5. The van der Waals surface area contributed by atoms with Crippen LogP contribution < -0.4 is 26.1 Å². The van der Waals surface area contributed by atoms with Crippen LogP contribution in [-0.4, -0.2) is 29.3 Å². The second-order valence-corrected chi connectivity index (χ2v) is 19.8. The zero-order valence-electron chi connectivity index (χ0n) is 23.9. The van der Waals surface area contributed by atoms with E-state index in [-0.39, 0.29) is 0 Å². The monoisotopic (exact) mass is 662 g/mol. The van der Waals surface area contributed by atoms with E-state index in [1.807, 2.05) is 0 Å². The van der Waals surface area contributed by atoms with Crippen molar-refractivity contribution < 1.29 is 0 Å². The van der Waals surface area contributed by atoms with E-state index in [9.17, 15) is 0 Å². The predicted octanol–water partition coefficient (Wildman–Crippen LogP) is 5.64. The predicted molar refractivity (Wildman–Crippen MR) is 186 cm³/mol. The molecule has 0 aliphatic rings. The number of hydrogen-bond donors (Lipinski definition) is 0. The summed E-state index contributed by atoms with van der Waals surface area (Å²) in [7, 11) is 0. The topological polar surface area (TPSA) is 0 Å². The van der Waals surface area contributed by atoms with Crippen LogP contribution in [0.5, 0.6) is 0 Å². The Kier molecular flexibility index (Phi) is 7.60. The zero-order chi connectivity index (χ0) is 28.5. The number of fused-ring (bicyclic) bond motifs is 2. The Hall–Kier alpha value is -3.82. The molecule has 0 aliphatic carbocycles. The molecule has 0 nitrogen and oxygen atoms in total. The first-order valence-corrected chi connectivity index (χ1v) is 20.1. The van der Waals surface area contributed by atoms with Gasteiger partial charge < -0.3 is 0 Å². The molecule has 0 saturated heterocycles. The van der Waals surface area contributed by atoms with Crippen molar-refractivity contribution in [1.29, 1.82) is 0 Å². The average Bonchev–Trinajstić information content (AvgIpc) is 3.03. The van der Waals surface area contributed by atoms with E-state index in [0.717, 1.165) is 0 Å². The Balaban J connectivity index is 1.62. The van der Waals surface area contributed by atoms with Gasteiger partial charge in [0, 0.05) is 0 Å². The Morgan fingerprint density at radius 3 is 0.952 bits per heavy atom. The van der Waals surface area contributed by atoms with Crippen LogP contribution in [0.4, 0.5) is 0 Å². The van der Waals surface area contributed by atoms with E-state index < -0.39 is 29.3 Å². The summed E-state index contributed by atoms with van der Waals surface area (Å²) in [6.07, 6.45) is 0. The molecule has 2 unspecified atom stereocenters. The Labute approximate surface area is 258 Å². The van der Waals surface area contributed by atoms with E-state index in [0.29, 0.717) is 0 Å². The van der Waals surface area contributed by atoms with Gasteiger partial charge in [0.2, 0.25) is 0 Å². The van der Waals surface area contributed by atoms with Crippen molar-refractivity contribution in [2.24, 2.45) is 0 Å². The third-order valence-electron chi connectivity index (χ3n) is 7.87. The van der Waals surface area contributed by atoms with Crippen molar-refractivity contribution in [2.75, 3.05) is 0 Å². The van der Waals surface area contributed by atoms with E-state index in [2.05, 4.69) is 172 Å². The van der Waals surface area contributed by atoms with Gasteiger partial charge in [0.15, 0.2) is 0 Å². The van der Waals surface area contributed by atoms with Crippen LogP contribution in [0.15, 0.2) is 158 Å². The quantitative estimate of drug-likeness (QED) is 0.160. The summed E-state index contributed by atoms with van der Waals surface area (Å²) in [5.74, 6) is 0. The van der Waals surface area contributed by atoms with Crippen LogP contribution in [0.2, 0.25) is 0 Å². The van der Waals surface area contributed by atoms with Gasteiger partial charge in [-0.25, -0.2) is 0 Å². The third-order valence-corrected chi connectivity index (χ3v) is 18.5. The van der Waals surface area contributed by atoms with Gasteiger partial charge in [-0.1, -0.05) is 0 Å². The number of benzene rings is 7. The van der Waals surface area contributed by atoms with E-state index >= 15 is 0 Å². The van der Waals surface area contributed by atoms with Crippen LogP contribution in [0.3, 0.4) is 0 Å². The summed E-state index contributed by atoms with van der Waals surface area (Å²) in [5, 5.41) is 5.66. The van der Waals surface area contributed by atoms with Crippen molar-refractivity contribution in [3.8, 4) is 0 Å². The normalized spacial score (nSPS) is 12.8. The van der Waals surface area contributed by atoms with E-state index in [4.69, 9.17) is 0 Å². The van der Waals surface area contributed by atoms with Gasteiger partial charge in [-0.2, -0.15) is 0 Å². The average molecular weight is 663 g/mol. The van der Waals surface area contributed by atoms with Gasteiger partial charge in [-0.15, -0.1) is 0 Å². The fourth-order valence-electron chi connectivity index (χ4n) is 6.07. The Morgan fingerprint density at radius 2 is 0.619 bits per heavy atom. The molecule has 7 rings (SSSR count). The molecule has 0 spiro atoms. The Morgan fingerprint density at radius 1 is 0.310 bits per heavy atom.